The van der Waals surface area contributed by atoms with Gasteiger partial charge in [-0.1, -0.05) is 6.07 Å². The maximum absolute atomic E-state index is 11.0. The van der Waals surface area contributed by atoms with Gasteiger partial charge >= 0.3 is 0 Å². The van der Waals surface area contributed by atoms with E-state index in [-0.39, 0.29) is 11.1 Å². The molecule has 0 aliphatic carbocycles. The Morgan fingerprint density at radius 1 is 1.44 bits per heavy atom. The molecule has 2 heterocycles. The lowest BCUT2D eigenvalue weighted by Gasteiger charge is -2.10. The first-order chi connectivity index (χ1) is 8.47. The standard InChI is InChI=1S/C11H14N2O3S2/c1-8(10-3-2-6-17-10)13-7-9-4-5-11(16-9)18(12,14)15/h2-6,8,13H,7H2,1H3,(H2,12,14,15). The van der Waals surface area contributed by atoms with Gasteiger partial charge in [0.1, 0.15) is 5.76 Å². The van der Waals surface area contributed by atoms with Gasteiger partial charge in [-0.2, -0.15) is 0 Å². The van der Waals surface area contributed by atoms with E-state index in [4.69, 9.17) is 9.56 Å². The fraction of sp³-hybridized carbons (Fsp3) is 0.273. The Bertz CT molecular complexity index is 602. The fourth-order valence-corrected chi connectivity index (χ4v) is 2.74. The molecular weight excluding hydrogens is 272 g/mol. The van der Waals surface area contributed by atoms with Crippen LogP contribution in [0, 0.1) is 0 Å². The molecule has 3 N–H and O–H groups in total. The van der Waals surface area contributed by atoms with Gasteiger partial charge in [0, 0.05) is 10.9 Å². The van der Waals surface area contributed by atoms with Crippen LogP contribution in [-0.2, 0) is 16.6 Å². The summed E-state index contributed by atoms with van der Waals surface area (Å²) in [5, 5.41) is 10.0. The zero-order valence-electron chi connectivity index (χ0n) is 9.79. The minimum absolute atomic E-state index is 0.188. The van der Waals surface area contributed by atoms with Crippen molar-refractivity contribution in [1.29, 1.82) is 0 Å². The van der Waals surface area contributed by atoms with Gasteiger partial charge in [-0.15, -0.1) is 11.3 Å². The average molecular weight is 286 g/mol. The normalized spacial score (nSPS) is 13.7. The van der Waals surface area contributed by atoms with E-state index in [1.807, 2.05) is 24.4 Å². The van der Waals surface area contributed by atoms with Crippen LogP contribution < -0.4 is 10.5 Å². The van der Waals surface area contributed by atoms with Crippen LogP contribution in [0.25, 0.3) is 0 Å². The van der Waals surface area contributed by atoms with Crippen LogP contribution in [0.1, 0.15) is 23.6 Å². The number of thiophene rings is 1. The maximum Gasteiger partial charge on any atom is 0.271 e. The Hall–Kier alpha value is -1.15. The van der Waals surface area contributed by atoms with Crippen molar-refractivity contribution in [1.82, 2.24) is 5.32 Å². The number of nitrogens with two attached hydrogens (primary N) is 1. The third-order valence-electron chi connectivity index (χ3n) is 2.47. The predicted octanol–water partition coefficient (Wildman–Crippen LogP) is 1.84. The van der Waals surface area contributed by atoms with Gasteiger partial charge in [0.05, 0.1) is 6.54 Å². The molecule has 0 radical (unpaired) electrons. The maximum atomic E-state index is 11.0. The van der Waals surface area contributed by atoms with Crippen molar-refractivity contribution < 1.29 is 12.8 Å². The van der Waals surface area contributed by atoms with Crippen molar-refractivity contribution in [2.45, 2.75) is 24.6 Å². The van der Waals surface area contributed by atoms with Crippen molar-refractivity contribution in [3.8, 4) is 0 Å². The molecule has 2 aromatic rings. The first-order valence-electron chi connectivity index (χ1n) is 5.35. The summed E-state index contributed by atoms with van der Waals surface area (Å²) >= 11 is 1.67. The number of rotatable bonds is 5. The van der Waals surface area contributed by atoms with E-state index in [2.05, 4.69) is 5.32 Å². The Labute approximate surface area is 110 Å². The van der Waals surface area contributed by atoms with Crippen LogP contribution in [-0.4, -0.2) is 8.42 Å². The number of sulfonamides is 1. The molecule has 0 aromatic carbocycles. The van der Waals surface area contributed by atoms with E-state index in [0.717, 1.165) is 0 Å². The lowest BCUT2D eigenvalue weighted by atomic mass is 10.2. The SMILES string of the molecule is CC(NCc1ccc(S(N)(=O)=O)o1)c1cccs1. The van der Waals surface area contributed by atoms with E-state index < -0.39 is 10.0 Å². The first kappa shape index (κ1) is 13.3. The smallest absolute Gasteiger partial charge is 0.271 e. The van der Waals surface area contributed by atoms with E-state index in [0.29, 0.717) is 12.3 Å². The summed E-state index contributed by atoms with van der Waals surface area (Å²) < 4.78 is 27.2. The average Bonchev–Trinajstić information content (AvgIpc) is 2.96. The molecule has 7 heteroatoms. The van der Waals surface area contributed by atoms with Gasteiger partial charge in [-0.05, 0) is 30.5 Å². The summed E-state index contributed by atoms with van der Waals surface area (Å²) in [6, 6.07) is 7.19. The molecule has 5 nitrogen and oxygen atoms in total. The van der Waals surface area contributed by atoms with Crippen LogP contribution in [0.2, 0.25) is 0 Å². The molecule has 1 atom stereocenters. The Balaban J connectivity index is 1.97. The van der Waals surface area contributed by atoms with Crippen molar-refractivity contribution in [2.75, 3.05) is 0 Å². The highest BCUT2D eigenvalue weighted by molar-refractivity contribution is 7.89. The number of hydrogen-bond acceptors (Lipinski definition) is 5. The van der Waals surface area contributed by atoms with Crippen molar-refractivity contribution >= 4 is 21.4 Å². The van der Waals surface area contributed by atoms with Gasteiger partial charge in [0.15, 0.2) is 0 Å². The second-order valence-corrected chi connectivity index (χ2v) is 6.36. The molecule has 2 rings (SSSR count). The number of primary sulfonamides is 1. The second-order valence-electron chi connectivity index (χ2n) is 3.88. The van der Waals surface area contributed by atoms with Crippen molar-refractivity contribution in [3.63, 3.8) is 0 Å². The molecule has 1 unspecified atom stereocenters. The number of hydrogen-bond donors (Lipinski definition) is 2. The fourth-order valence-electron chi connectivity index (χ4n) is 1.50. The third kappa shape index (κ3) is 3.20. The monoisotopic (exact) mass is 286 g/mol. The summed E-state index contributed by atoms with van der Waals surface area (Å²) in [4.78, 5) is 1.22. The molecule has 0 bridgehead atoms. The zero-order valence-corrected chi connectivity index (χ0v) is 11.4. The minimum Gasteiger partial charge on any atom is -0.447 e. The first-order valence-corrected chi connectivity index (χ1v) is 7.78. The van der Waals surface area contributed by atoms with Gasteiger partial charge in [0.25, 0.3) is 10.0 Å². The van der Waals surface area contributed by atoms with Gasteiger partial charge in [-0.25, -0.2) is 13.6 Å². The molecule has 0 spiro atoms. The summed E-state index contributed by atoms with van der Waals surface area (Å²) in [5.41, 5.74) is 0. The molecule has 0 amide bonds. The topological polar surface area (TPSA) is 85.3 Å². The minimum atomic E-state index is -3.76. The largest absolute Gasteiger partial charge is 0.447 e. The lowest BCUT2D eigenvalue weighted by Crippen LogP contribution is -2.16. The highest BCUT2D eigenvalue weighted by atomic mass is 32.2. The van der Waals surface area contributed by atoms with Crippen LogP contribution in [0.4, 0.5) is 0 Å². The molecule has 0 saturated carbocycles. The highest BCUT2D eigenvalue weighted by Crippen LogP contribution is 2.19. The molecule has 0 aliphatic heterocycles. The molecule has 2 aromatic heterocycles. The van der Waals surface area contributed by atoms with Gasteiger partial charge in [-0.3, -0.25) is 0 Å². The van der Waals surface area contributed by atoms with Crippen LogP contribution in [0.3, 0.4) is 0 Å². The molecule has 98 valence electrons. The predicted molar refractivity (Wildman–Crippen MR) is 69.7 cm³/mol. The quantitative estimate of drug-likeness (QED) is 0.878. The Morgan fingerprint density at radius 3 is 2.78 bits per heavy atom. The third-order valence-corrected chi connectivity index (χ3v) is 4.31. The summed E-state index contributed by atoms with van der Waals surface area (Å²) in [6.07, 6.45) is 0. The summed E-state index contributed by atoms with van der Waals surface area (Å²) in [6.45, 7) is 2.49. The van der Waals surface area contributed by atoms with Crippen LogP contribution >= 0.6 is 11.3 Å². The van der Waals surface area contributed by atoms with Crippen molar-refractivity contribution in [3.05, 3.63) is 40.3 Å². The summed E-state index contributed by atoms with van der Waals surface area (Å²) in [5.74, 6) is 0.544. The number of furan rings is 1. The second kappa shape index (κ2) is 5.23. The molecule has 18 heavy (non-hydrogen) atoms. The molecule has 0 fully saturated rings. The van der Waals surface area contributed by atoms with Crippen molar-refractivity contribution in [2.24, 2.45) is 5.14 Å². The lowest BCUT2D eigenvalue weighted by molar-refractivity contribution is 0.394. The van der Waals surface area contributed by atoms with E-state index in [1.54, 1.807) is 17.4 Å². The van der Waals surface area contributed by atoms with Gasteiger partial charge < -0.3 is 9.73 Å². The highest BCUT2D eigenvalue weighted by Gasteiger charge is 2.13. The Kier molecular flexibility index (Phi) is 3.86. The zero-order chi connectivity index (χ0) is 13.2. The Morgan fingerprint density at radius 2 is 2.22 bits per heavy atom. The molecule has 0 saturated heterocycles. The van der Waals surface area contributed by atoms with E-state index in [9.17, 15) is 8.42 Å². The molecule has 0 aliphatic rings. The van der Waals surface area contributed by atoms with Crippen LogP contribution in [0.15, 0.2) is 39.2 Å². The van der Waals surface area contributed by atoms with E-state index in [1.165, 1.54) is 10.9 Å². The molecular formula is C11H14N2O3S2. The van der Waals surface area contributed by atoms with Gasteiger partial charge in [0.2, 0.25) is 5.09 Å². The summed E-state index contributed by atoms with van der Waals surface area (Å²) in [7, 11) is -3.76. The van der Waals surface area contributed by atoms with Crippen LogP contribution in [0.5, 0.6) is 0 Å². The number of nitrogens with one attached hydrogen (secondary N) is 1. The van der Waals surface area contributed by atoms with E-state index >= 15 is 0 Å².